The summed E-state index contributed by atoms with van der Waals surface area (Å²) in [5.74, 6) is -6.71. The molecule has 0 spiro atoms. The number of cyclic esters (lactones) is 2. The third-order valence-corrected chi connectivity index (χ3v) is 7.10. The second kappa shape index (κ2) is 38.3. The second-order valence-electron chi connectivity index (χ2n) is 18.7. The molecule has 0 aliphatic carbocycles. The molecule has 71 heavy (non-hydrogen) atoms. The minimum absolute atomic E-state index is 0. The summed E-state index contributed by atoms with van der Waals surface area (Å²) in [6.45, 7) is 21.2. The van der Waals surface area contributed by atoms with Gasteiger partial charge in [-0.2, -0.15) is 0 Å². The lowest BCUT2D eigenvalue weighted by molar-refractivity contribution is -0.156. The van der Waals surface area contributed by atoms with Crippen LogP contribution in [0.3, 0.4) is 0 Å². The summed E-state index contributed by atoms with van der Waals surface area (Å²) >= 11 is 0. The van der Waals surface area contributed by atoms with Crippen molar-refractivity contribution in [3.63, 3.8) is 0 Å². The van der Waals surface area contributed by atoms with Gasteiger partial charge in [-0.1, -0.05) is 7.43 Å². The van der Waals surface area contributed by atoms with Crippen LogP contribution < -0.4 is 39.7 Å². The Kier molecular flexibility index (Phi) is 43.0. The van der Waals surface area contributed by atoms with E-state index >= 15 is 0 Å². The first-order valence-corrected chi connectivity index (χ1v) is 21.2. The molecule has 0 aromatic heterocycles. The van der Waals surface area contributed by atoms with Crippen molar-refractivity contribution >= 4 is 90.5 Å². The smallest absolute Gasteiger partial charge is 0.415 e. The summed E-state index contributed by atoms with van der Waals surface area (Å²) in [7, 11) is 0. The zero-order chi connectivity index (χ0) is 54.6. The number of rotatable bonds is 19. The van der Waals surface area contributed by atoms with Gasteiger partial charge in [0, 0.05) is 32.1 Å². The van der Waals surface area contributed by atoms with Crippen LogP contribution >= 0.6 is 24.8 Å². The van der Waals surface area contributed by atoms with E-state index in [0.717, 1.165) is 0 Å². The normalized spacial score (nSPS) is 14.3. The lowest BCUT2D eigenvalue weighted by Gasteiger charge is -2.19. The molecule has 0 aromatic rings. The van der Waals surface area contributed by atoms with E-state index in [0.29, 0.717) is 0 Å². The summed E-state index contributed by atoms with van der Waals surface area (Å²) < 4.78 is 24.3. The minimum Gasteiger partial charge on any atom is -0.481 e. The van der Waals surface area contributed by atoms with Gasteiger partial charge in [0.2, 0.25) is 11.8 Å². The largest absolute Gasteiger partial charge is 0.481 e. The van der Waals surface area contributed by atoms with Crippen LogP contribution in [-0.2, 0) is 71.6 Å². The molecule has 3 amide bonds. The number of carboxylic acid groups (broad SMARTS) is 3. The van der Waals surface area contributed by atoms with Crippen molar-refractivity contribution in [2.45, 2.75) is 207 Å². The number of hydrogen-bond acceptors (Lipinski definition) is 20. The Hall–Kier alpha value is -5.41. The molecule has 28 heteroatoms. The fourth-order valence-corrected chi connectivity index (χ4v) is 4.05. The molecule has 1 fully saturated rings. The summed E-state index contributed by atoms with van der Waals surface area (Å²) in [6.07, 6.45) is 0.0837. The standard InChI is InChI=1S/C10H15NO5.2C9H18N2O3.C9H17NO4.C5H9NO4.CH4.2ClH/c1-10(2,3)16-7(12)5-4-6-8(13)15-9(14)11-6;2*1-9(2,3)14-7(12)5-4-6(10)8(11)13;1-9(2,3)14-7(11)5-4-6(10)8(12)13;6-3(5(9)10)1-2-4(7)8;;;/h6H,4-5H2,1-3H3,(H,11,14);2*6H,4-5,10H2,1-3H3,(H2,11,13);6H,4-5,10H2,1-3H3,(H,12,13);3H,1-2,6H2,(H,7,8)(H,9,10);1H4;2*1H/t4*6-;3-;;;/m00000.../s1. The maximum atomic E-state index is 11.3. The zero-order valence-electron chi connectivity index (χ0n) is 42.1. The number of hydrogen-bond donors (Lipinski definition) is 10. The van der Waals surface area contributed by atoms with Crippen LogP contribution in [0.4, 0.5) is 4.79 Å². The van der Waals surface area contributed by atoms with Crippen molar-refractivity contribution in [3.05, 3.63) is 0 Å². The number of nitrogens with one attached hydrogen (secondary N) is 1. The minimum atomic E-state index is -1.17. The monoisotopic (exact) mass is 1070 g/mol. The molecule has 1 saturated heterocycles. The number of carbonyl (C=O) groups excluding carboxylic acids is 8. The maximum absolute atomic E-state index is 11.3. The molecule has 16 N–H and O–H groups in total. The topological polar surface area (TPSA) is 463 Å². The third-order valence-electron chi connectivity index (χ3n) is 7.10. The van der Waals surface area contributed by atoms with Gasteiger partial charge in [-0.25, -0.2) is 9.59 Å². The Bertz CT molecular complexity index is 1580. The molecular weight excluding hydrogens is 989 g/mol. The molecule has 0 aromatic carbocycles. The highest BCUT2D eigenvalue weighted by Crippen LogP contribution is 2.14. The van der Waals surface area contributed by atoms with Crippen molar-refractivity contribution in [1.29, 1.82) is 0 Å². The molecule has 5 atom stereocenters. The number of esters is 5. The number of alkyl carbamates (subject to hydrolysis) is 1. The molecule has 418 valence electrons. The predicted molar refractivity (Wildman–Crippen MR) is 262 cm³/mol. The van der Waals surface area contributed by atoms with E-state index in [2.05, 4.69) is 10.1 Å². The van der Waals surface area contributed by atoms with Gasteiger partial charge in [0.05, 0.1) is 12.1 Å². The molecular formula is C43H83Cl2N7O19. The lowest BCUT2D eigenvalue weighted by atomic mass is 10.1. The first-order valence-electron chi connectivity index (χ1n) is 21.2. The van der Waals surface area contributed by atoms with Gasteiger partial charge in [0.1, 0.15) is 40.5 Å². The predicted octanol–water partition coefficient (Wildman–Crippen LogP) is 1.85. The van der Waals surface area contributed by atoms with Crippen molar-refractivity contribution in [1.82, 2.24) is 5.32 Å². The molecule has 1 rings (SSSR count). The number of aliphatic carboxylic acids is 3. The maximum Gasteiger partial charge on any atom is 0.415 e. The van der Waals surface area contributed by atoms with E-state index in [1.54, 1.807) is 83.1 Å². The number of amides is 3. The van der Waals surface area contributed by atoms with Gasteiger partial charge in [-0.3, -0.25) is 43.2 Å². The summed E-state index contributed by atoms with van der Waals surface area (Å²) in [5.41, 5.74) is 28.7. The molecule has 1 aliphatic heterocycles. The van der Waals surface area contributed by atoms with Crippen LogP contribution in [0.2, 0.25) is 0 Å². The highest BCUT2D eigenvalue weighted by molar-refractivity contribution is 5.95. The highest BCUT2D eigenvalue weighted by Gasteiger charge is 2.33. The Morgan fingerprint density at radius 1 is 0.507 bits per heavy atom. The zero-order valence-corrected chi connectivity index (χ0v) is 43.7. The van der Waals surface area contributed by atoms with Crippen LogP contribution in [-0.4, -0.2) is 134 Å². The average Bonchev–Trinajstić information content (AvgIpc) is 3.47. The van der Waals surface area contributed by atoms with Gasteiger partial charge < -0.3 is 78.7 Å². The van der Waals surface area contributed by atoms with Gasteiger partial charge in [0.15, 0.2) is 0 Å². The van der Waals surface area contributed by atoms with Crippen LogP contribution in [0.5, 0.6) is 0 Å². The molecule has 0 saturated carbocycles. The van der Waals surface area contributed by atoms with Crippen LogP contribution in [0.15, 0.2) is 0 Å². The van der Waals surface area contributed by atoms with Crippen molar-refractivity contribution < 1.29 is 91.7 Å². The molecule has 0 bridgehead atoms. The van der Waals surface area contributed by atoms with Gasteiger partial charge in [-0.15, -0.1) is 24.8 Å². The fourth-order valence-electron chi connectivity index (χ4n) is 4.05. The van der Waals surface area contributed by atoms with Gasteiger partial charge >= 0.3 is 53.8 Å². The van der Waals surface area contributed by atoms with Gasteiger partial charge in [-0.05, 0) is 115 Å². The first-order chi connectivity index (χ1) is 30.5. The number of carboxylic acids is 3. The van der Waals surface area contributed by atoms with E-state index in [-0.39, 0.29) is 108 Å². The molecule has 1 heterocycles. The summed E-state index contributed by atoms with van der Waals surface area (Å²) in [5, 5.41) is 27.0. The fraction of sp³-hybridized carbons (Fsp3) is 0.744. The lowest BCUT2D eigenvalue weighted by Crippen LogP contribution is -2.37. The first kappa shape index (κ1) is 79.7. The Morgan fingerprint density at radius 2 is 0.761 bits per heavy atom. The Morgan fingerprint density at radius 3 is 0.972 bits per heavy atom. The number of primary amides is 2. The van der Waals surface area contributed by atoms with E-state index in [4.69, 9.17) is 68.7 Å². The molecule has 0 unspecified atom stereocenters. The Balaban J connectivity index is -0.000000144. The van der Waals surface area contributed by atoms with E-state index in [1.807, 2.05) is 0 Å². The van der Waals surface area contributed by atoms with Crippen molar-refractivity contribution in [2.75, 3.05) is 0 Å². The number of nitrogens with two attached hydrogens (primary N) is 6. The molecule has 26 nitrogen and oxygen atoms in total. The van der Waals surface area contributed by atoms with E-state index in [1.165, 1.54) is 0 Å². The van der Waals surface area contributed by atoms with E-state index in [9.17, 15) is 52.7 Å². The highest BCUT2D eigenvalue weighted by atomic mass is 35.5. The average molecular weight is 1070 g/mol. The number of ether oxygens (including phenoxy) is 5. The van der Waals surface area contributed by atoms with E-state index < -0.39 is 106 Å². The number of halogens is 2. The summed E-state index contributed by atoms with van der Waals surface area (Å²) in [4.78, 5) is 118. The second-order valence-corrected chi connectivity index (χ2v) is 18.7. The van der Waals surface area contributed by atoms with Crippen LogP contribution in [0.1, 0.15) is 155 Å². The van der Waals surface area contributed by atoms with Crippen LogP contribution in [0, 0.1) is 0 Å². The van der Waals surface area contributed by atoms with Crippen LogP contribution in [0.25, 0.3) is 0 Å². The Labute approximate surface area is 428 Å². The van der Waals surface area contributed by atoms with Crippen molar-refractivity contribution in [2.24, 2.45) is 34.4 Å². The summed E-state index contributed by atoms with van der Waals surface area (Å²) in [6, 6.07) is -4.34. The third kappa shape index (κ3) is 55.4. The molecule has 1 aliphatic rings. The molecule has 0 radical (unpaired) electrons. The van der Waals surface area contributed by atoms with Crippen molar-refractivity contribution in [3.8, 4) is 0 Å². The van der Waals surface area contributed by atoms with Gasteiger partial charge in [0.25, 0.3) is 0 Å². The number of carbonyl (C=O) groups is 11. The SMILES string of the molecule is C.CC(C)(C)OC(=O)CC[C@@H]1NC(=O)OC1=O.CC(C)(C)OC(=O)CC[C@H](N)C(=O)O.CC(C)(C)OC(=O)CC[C@H](N)C(N)=O.CC(C)(C)OC(=O)CC[C@H](N)C(N)=O.Cl.Cl.N[C@@H](CCC(=O)O)C(=O)O. The quantitative estimate of drug-likeness (QED) is 0.0501.